The van der Waals surface area contributed by atoms with Gasteiger partial charge in [0.05, 0.1) is 44.5 Å². The molecule has 0 radical (unpaired) electrons. The van der Waals surface area contributed by atoms with Crippen molar-refractivity contribution in [3.8, 4) is 17.1 Å². The molecule has 0 N–H and O–H groups in total. The van der Waals surface area contributed by atoms with Crippen molar-refractivity contribution in [3.63, 3.8) is 0 Å². The van der Waals surface area contributed by atoms with E-state index in [-0.39, 0.29) is 10.8 Å². The molecular weight excluding hydrogens is 691 g/mol. The van der Waals surface area contributed by atoms with Crippen LogP contribution in [0.3, 0.4) is 0 Å². The second-order valence-electron chi connectivity index (χ2n) is 16.9. The van der Waals surface area contributed by atoms with Gasteiger partial charge in [0.2, 0.25) is 0 Å². The molecule has 1 aliphatic carbocycles. The fourth-order valence-electron chi connectivity index (χ4n) is 10.8. The molecule has 0 bridgehead atoms. The van der Waals surface area contributed by atoms with Crippen LogP contribution in [0.5, 0.6) is 0 Å². The lowest BCUT2D eigenvalue weighted by Gasteiger charge is -2.29. The molecule has 3 heterocycles. The van der Waals surface area contributed by atoms with E-state index in [4.69, 9.17) is 0 Å². The maximum Gasteiger partial charge on any atom is 0.0706 e. The van der Waals surface area contributed by atoms with Gasteiger partial charge in [-0.15, -0.1) is 0 Å². The zero-order valence-corrected chi connectivity index (χ0v) is 32.4. The number of para-hydroxylation sites is 6. The summed E-state index contributed by atoms with van der Waals surface area (Å²) in [4.78, 5) is 0. The molecule has 3 nitrogen and oxygen atoms in total. The average molecular weight is 732 g/mol. The van der Waals surface area contributed by atoms with Gasteiger partial charge in [-0.1, -0.05) is 142 Å². The number of benzene rings is 8. The van der Waals surface area contributed by atoms with Crippen LogP contribution in [0.2, 0.25) is 0 Å². The van der Waals surface area contributed by atoms with Crippen LogP contribution in [0, 0.1) is 0 Å². The summed E-state index contributed by atoms with van der Waals surface area (Å²) in [5, 5.41) is 7.65. The van der Waals surface area contributed by atoms with Gasteiger partial charge in [0, 0.05) is 43.4 Å². The van der Waals surface area contributed by atoms with Crippen LogP contribution >= 0.6 is 0 Å². The summed E-state index contributed by atoms with van der Waals surface area (Å²) >= 11 is 0. The van der Waals surface area contributed by atoms with Crippen molar-refractivity contribution >= 4 is 65.4 Å². The van der Waals surface area contributed by atoms with Gasteiger partial charge in [0.15, 0.2) is 0 Å². The van der Waals surface area contributed by atoms with Crippen molar-refractivity contribution in [2.24, 2.45) is 0 Å². The van der Waals surface area contributed by atoms with Crippen LogP contribution < -0.4 is 0 Å². The van der Waals surface area contributed by atoms with E-state index in [0.29, 0.717) is 0 Å². The molecule has 3 aromatic heterocycles. The molecule has 12 rings (SSSR count). The van der Waals surface area contributed by atoms with Gasteiger partial charge in [-0.2, -0.15) is 0 Å². The number of fused-ring (bicyclic) bond motifs is 10. The highest BCUT2D eigenvalue weighted by molar-refractivity contribution is 6.12. The predicted molar refractivity (Wildman–Crippen MR) is 240 cm³/mol. The van der Waals surface area contributed by atoms with Crippen LogP contribution in [0.15, 0.2) is 182 Å². The van der Waals surface area contributed by atoms with Gasteiger partial charge in [-0.05, 0) is 89.2 Å². The Morgan fingerprint density at radius 3 is 1.04 bits per heavy atom. The first-order valence-corrected chi connectivity index (χ1v) is 20.2. The van der Waals surface area contributed by atoms with Crippen LogP contribution in [0.4, 0.5) is 0 Å². The fraction of sp³-hybridized carbons (Fsp3) is 0.111. The highest BCUT2D eigenvalue weighted by Gasteiger charge is 2.46. The molecule has 272 valence electrons. The summed E-state index contributed by atoms with van der Waals surface area (Å²) in [7, 11) is 0. The molecule has 57 heavy (non-hydrogen) atoms. The lowest BCUT2D eigenvalue weighted by atomic mass is 9.75. The summed E-state index contributed by atoms with van der Waals surface area (Å²) in [6, 6.07) is 67.7. The molecule has 0 aliphatic heterocycles. The Hall–Kier alpha value is -6.84. The molecular formula is C54H41N3. The Bertz CT molecular complexity index is 3260. The molecule has 1 atom stereocenters. The third-order valence-electron chi connectivity index (χ3n) is 13.2. The number of rotatable bonds is 4. The SMILES string of the molecule is CC1(C)CC(C)(c2ccc(-n3c4ccccc4c4ccccc43)cc2)c2cc(-n3c4ccccc4c4ccccc43)c(-n3c4ccccc4c4ccccc43)cc21. The minimum absolute atomic E-state index is 0.0670. The van der Waals surface area contributed by atoms with Gasteiger partial charge >= 0.3 is 0 Å². The number of nitrogens with zero attached hydrogens (tertiary/aromatic N) is 3. The fourth-order valence-corrected chi connectivity index (χ4v) is 10.8. The lowest BCUT2D eigenvalue weighted by Crippen LogP contribution is -2.23. The zero-order chi connectivity index (χ0) is 38.0. The van der Waals surface area contributed by atoms with Crippen LogP contribution in [-0.4, -0.2) is 13.7 Å². The van der Waals surface area contributed by atoms with Crippen molar-refractivity contribution in [1.29, 1.82) is 0 Å². The number of hydrogen-bond acceptors (Lipinski definition) is 0. The topological polar surface area (TPSA) is 14.8 Å². The Morgan fingerprint density at radius 2 is 0.667 bits per heavy atom. The molecule has 3 heteroatoms. The first-order valence-electron chi connectivity index (χ1n) is 20.2. The summed E-state index contributed by atoms with van der Waals surface area (Å²) in [6.45, 7) is 7.37. The van der Waals surface area contributed by atoms with E-state index in [0.717, 1.165) is 6.42 Å². The monoisotopic (exact) mass is 731 g/mol. The van der Waals surface area contributed by atoms with Crippen molar-refractivity contribution in [1.82, 2.24) is 13.7 Å². The molecule has 0 saturated heterocycles. The summed E-state index contributed by atoms with van der Waals surface area (Å²) < 4.78 is 7.47. The van der Waals surface area contributed by atoms with Crippen LogP contribution in [0.1, 0.15) is 43.9 Å². The van der Waals surface area contributed by atoms with E-state index < -0.39 is 0 Å². The Labute approximate surface area is 331 Å². The molecule has 11 aromatic rings. The molecule has 0 amide bonds. The van der Waals surface area contributed by atoms with E-state index in [2.05, 4.69) is 216 Å². The van der Waals surface area contributed by atoms with Crippen molar-refractivity contribution in [2.45, 2.75) is 38.0 Å². The van der Waals surface area contributed by atoms with E-state index in [9.17, 15) is 0 Å². The Balaban J connectivity index is 1.13. The van der Waals surface area contributed by atoms with Gasteiger partial charge < -0.3 is 13.7 Å². The first-order chi connectivity index (χ1) is 27.9. The Kier molecular flexibility index (Phi) is 6.59. The van der Waals surface area contributed by atoms with Gasteiger partial charge in [-0.25, -0.2) is 0 Å². The summed E-state index contributed by atoms with van der Waals surface area (Å²) in [6.07, 6.45) is 1.01. The van der Waals surface area contributed by atoms with E-state index in [1.807, 2.05) is 0 Å². The average Bonchev–Trinajstić information content (AvgIpc) is 3.94. The van der Waals surface area contributed by atoms with Crippen molar-refractivity contribution in [2.75, 3.05) is 0 Å². The molecule has 8 aromatic carbocycles. The number of hydrogen-bond donors (Lipinski definition) is 0. The van der Waals surface area contributed by atoms with Crippen LogP contribution in [0.25, 0.3) is 82.5 Å². The highest BCUT2D eigenvalue weighted by Crippen LogP contribution is 2.55. The van der Waals surface area contributed by atoms with Gasteiger partial charge in [0.25, 0.3) is 0 Å². The first kappa shape index (κ1) is 32.4. The van der Waals surface area contributed by atoms with Crippen molar-refractivity contribution in [3.05, 3.63) is 199 Å². The minimum Gasteiger partial charge on any atom is -0.309 e. The second-order valence-corrected chi connectivity index (χ2v) is 16.9. The standard InChI is InChI=1S/C54H41N3/c1-53(2)34-54(3,35-28-30-36(31-29-35)55-45-22-10-4-16-37(45)38-17-5-11-23-46(38)55)44-33-52(57-49-26-14-8-20-41(49)42-21-9-15-27-50(42)57)51(32-43(44)53)56-47-24-12-6-18-39(47)40-19-7-13-25-48(40)56/h4-33H,34H2,1-3H3. The largest absolute Gasteiger partial charge is 0.309 e. The van der Waals surface area contributed by atoms with Gasteiger partial charge in [-0.3, -0.25) is 0 Å². The normalized spacial score (nSPS) is 16.5. The van der Waals surface area contributed by atoms with Gasteiger partial charge in [0.1, 0.15) is 0 Å². The maximum atomic E-state index is 2.56. The molecule has 0 spiro atoms. The zero-order valence-electron chi connectivity index (χ0n) is 32.4. The van der Waals surface area contributed by atoms with Crippen LogP contribution in [-0.2, 0) is 10.8 Å². The smallest absolute Gasteiger partial charge is 0.0706 e. The highest BCUT2D eigenvalue weighted by atomic mass is 15.1. The second kappa shape index (κ2) is 11.6. The molecule has 0 fully saturated rings. The number of aromatic nitrogens is 3. The molecule has 0 saturated carbocycles. The minimum atomic E-state index is -0.217. The van der Waals surface area contributed by atoms with E-state index in [1.165, 1.54) is 99.2 Å². The lowest BCUT2D eigenvalue weighted by molar-refractivity contribution is 0.425. The quantitative estimate of drug-likeness (QED) is 0.171. The predicted octanol–water partition coefficient (Wildman–Crippen LogP) is 14.0. The van der Waals surface area contributed by atoms with E-state index >= 15 is 0 Å². The molecule has 1 aliphatic rings. The maximum absolute atomic E-state index is 2.56. The summed E-state index contributed by atoms with van der Waals surface area (Å²) in [5.41, 5.74) is 14.8. The van der Waals surface area contributed by atoms with E-state index in [1.54, 1.807) is 0 Å². The Morgan fingerprint density at radius 1 is 0.351 bits per heavy atom. The van der Waals surface area contributed by atoms with Crippen molar-refractivity contribution < 1.29 is 0 Å². The molecule has 1 unspecified atom stereocenters. The summed E-state index contributed by atoms with van der Waals surface area (Å²) in [5.74, 6) is 0. The third-order valence-corrected chi connectivity index (χ3v) is 13.2. The third kappa shape index (κ3) is 4.43.